The maximum Gasteiger partial charge on any atom is 0.335 e. The zero-order valence-electron chi connectivity index (χ0n) is 10.8. The molecule has 9 heteroatoms. The number of amides is 2. The number of benzene rings is 1. The smallest absolute Gasteiger partial charge is 0.335 e. The maximum atomic E-state index is 13.5. The van der Waals surface area contributed by atoms with E-state index in [9.17, 15) is 22.4 Å². The number of aromatic carboxylic acids is 1. The topological polar surface area (TPSA) is 113 Å². The van der Waals surface area contributed by atoms with E-state index in [2.05, 4.69) is 10.6 Å². The van der Waals surface area contributed by atoms with Crippen molar-refractivity contribution in [2.45, 2.75) is 12.5 Å². The predicted octanol–water partition coefficient (Wildman–Crippen LogP) is 0.833. The van der Waals surface area contributed by atoms with Crippen LogP contribution in [-0.2, 0) is 9.84 Å². The van der Waals surface area contributed by atoms with Crippen molar-refractivity contribution in [3.8, 4) is 0 Å². The summed E-state index contributed by atoms with van der Waals surface area (Å²) in [5.41, 5.74) is -0.455. The Hall–Kier alpha value is -2.16. The van der Waals surface area contributed by atoms with Crippen LogP contribution in [0.3, 0.4) is 0 Å². The number of carbonyl (C=O) groups is 2. The standard InChI is InChI=1S/C12H13FN2O5S/c13-9-2-1-7(11(16)17)5-10(9)15-12(18)14-8-3-4-21(19,20)6-8/h1-2,5,8H,3-4,6H2,(H,16,17)(H2,14,15,18). The Morgan fingerprint density at radius 2 is 2.05 bits per heavy atom. The van der Waals surface area contributed by atoms with Crippen LogP contribution in [0, 0.1) is 5.82 Å². The Morgan fingerprint density at radius 3 is 2.62 bits per heavy atom. The van der Waals surface area contributed by atoms with Crippen LogP contribution >= 0.6 is 0 Å². The molecule has 114 valence electrons. The van der Waals surface area contributed by atoms with E-state index in [4.69, 9.17) is 5.11 Å². The van der Waals surface area contributed by atoms with E-state index in [1.165, 1.54) is 0 Å². The lowest BCUT2D eigenvalue weighted by Gasteiger charge is -2.12. The van der Waals surface area contributed by atoms with Gasteiger partial charge in [-0.1, -0.05) is 0 Å². The van der Waals surface area contributed by atoms with Gasteiger partial charge in [-0.3, -0.25) is 0 Å². The van der Waals surface area contributed by atoms with Crippen molar-refractivity contribution in [3.05, 3.63) is 29.6 Å². The molecule has 1 heterocycles. The molecule has 7 nitrogen and oxygen atoms in total. The molecule has 0 saturated carbocycles. The highest BCUT2D eigenvalue weighted by Crippen LogP contribution is 2.17. The number of sulfone groups is 1. The number of anilines is 1. The zero-order valence-corrected chi connectivity index (χ0v) is 11.6. The van der Waals surface area contributed by atoms with Gasteiger partial charge < -0.3 is 15.7 Å². The second kappa shape index (κ2) is 5.68. The van der Waals surface area contributed by atoms with Crippen molar-refractivity contribution in [2.24, 2.45) is 0 Å². The van der Waals surface area contributed by atoms with Gasteiger partial charge in [0, 0.05) is 6.04 Å². The molecule has 1 unspecified atom stereocenters. The molecule has 0 spiro atoms. The van der Waals surface area contributed by atoms with Gasteiger partial charge >= 0.3 is 12.0 Å². The van der Waals surface area contributed by atoms with E-state index in [-0.39, 0.29) is 22.8 Å². The molecule has 0 bridgehead atoms. The second-order valence-electron chi connectivity index (χ2n) is 4.70. The number of nitrogens with one attached hydrogen (secondary N) is 2. The summed E-state index contributed by atoms with van der Waals surface area (Å²) in [7, 11) is -3.13. The van der Waals surface area contributed by atoms with Crippen molar-refractivity contribution in [3.63, 3.8) is 0 Å². The van der Waals surface area contributed by atoms with Gasteiger partial charge in [0.15, 0.2) is 9.84 Å². The fourth-order valence-electron chi connectivity index (χ4n) is 2.01. The lowest BCUT2D eigenvalue weighted by Crippen LogP contribution is -2.38. The molecule has 1 aromatic rings. The summed E-state index contributed by atoms with van der Waals surface area (Å²) in [6, 6.07) is 1.69. The number of halogens is 1. The van der Waals surface area contributed by atoms with Gasteiger partial charge in [-0.15, -0.1) is 0 Å². The van der Waals surface area contributed by atoms with Crippen LogP contribution in [0.5, 0.6) is 0 Å². The van der Waals surface area contributed by atoms with E-state index in [0.29, 0.717) is 6.42 Å². The van der Waals surface area contributed by atoms with Crippen molar-refractivity contribution in [2.75, 3.05) is 16.8 Å². The van der Waals surface area contributed by atoms with E-state index < -0.39 is 33.7 Å². The third-order valence-corrected chi connectivity index (χ3v) is 4.80. The number of carboxylic acids is 1. The average Bonchev–Trinajstić information content (AvgIpc) is 2.71. The molecule has 1 aliphatic heterocycles. The Balaban J connectivity index is 2.03. The molecule has 1 fully saturated rings. The van der Waals surface area contributed by atoms with Gasteiger partial charge in [0.05, 0.1) is 22.8 Å². The molecule has 3 N–H and O–H groups in total. The van der Waals surface area contributed by atoms with Crippen molar-refractivity contribution in [1.29, 1.82) is 0 Å². The summed E-state index contributed by atoms with van der Waals surface area (Å²) in [6.45, 7) is 0. The first-order valence-corrected chi connectivity index (χ1v) is 7.90. The number of urea groups is 1. The first kappa shape index (κ1) is 15.2. The van der Waals surface area contributed by atoms with Crippen LogP contribution in [-0.4, -0.2) is 43.1 Å². The molecular formula is C12H13FN2O5S. The van der Waals surface area contributed by atoms with Crippen LogP contribution in [0.2, 0.25) is 0 Å². The predicted molar refractivity (Wildman–Crippen MR) is 72.6 cm³/mol. The van der Waals surface area contributed by atoms with Crippen LogP contribution in [0.25, 0.3) is 0 Å². The van der Waals surface area contributed by atoms with Crippen molar-refractivity contribution < 1.29 is 27.5 Å². The number of hydrogen-bond acceptors (Lipinski definition) is 4. The van der Waals surface area contributed by atoms with Crippen LogP contribution in [0.1, 0.15) is 16.8 Å². The minimum Gasteiger partial charge on any atom is -0.478 e. The summed E-state index contributed by atoms with van der Waals surface area (Å²) >= 11 is 0. The maximum absolute atomic E-state index is 13.5. The van der Waals surface area contributed by atoms with Crippen LogP contribution < -0.4 is 10.6 Å². The third-order valence-electron chi connectivity index (χ3n) is 3.03. The molecule has 1 saturated heterocycles. The largest absolute Gasteiger partial charge is 0.478 e. The van der Waals surface area contributed by atoms with E-state index in [1.54, 1.807) is 0 Å². The molecule has 0 aliphatic carbocycles. The number of hydrogen-bond donors (Lipinski definition) is 3. The van der Waals surface area contributed by atoms with Crippen molar-refractivity contribution >= 4 is 27.5 Å². The zero-order chi connectivity index (χ0) is 15.6. The highest BCUT2D eigenvalue weighted by molar-refractivity contribution is 7.91. The van der Waals surface area contributed by atoms with E-state index >= 15 is 0 Å². The summed E-state index contributed by atoms with van der Waals surface area (Å²) in [5.74, 6) is -2.19. The Labute approximate surface area is 120 Å². The average molecular weight is 316 g/mol. The van der Waals surface area contributed by atoms with E-state index in [0.717, 1.165) is 18.2 Å². The summed E-state index contributed by atoms with van der Waals surface area (Å²) < 4.78 is 36.0. The molecule has 0 aromatic heterocycles. The Morgan fingerprint density at radius 1 is 1.33 bits per heavy atom. The molecule has 1 atom stereocenters. The first-order valence-electron chi connectivity index (χ1n) is 6.07. The first-order chi connectivity index (χ1) is 9.77. The van der Waals surface area contributed by atoms with Gasteiger partial charge in [-0.25, -0.2) is 22.4 Å². The van der Waals surface area contributed by atoms with Gasteiger partial charge in [0.1, 0.15) is 5.82 Å². The fourth-order valence-corrected chi connectivity index (χ4v) is 3.68. The summed E-state index contributed by atoms with van der Waals surface area (Å²) in [4.78, 5) is 22.5. The number of carbonyl (C=O) groups excluding carboxylic acids is 1. The summed E-state index contributed by atoms with van der Waals surface area (Å²) in [5, 5.41) is 13.4. The third kappa shape index (κ3) is 3.91. The normalized spacial score (nSPS) is 20.0. The molecule has 1 aromatic carbocycles. The number of rotatable bonds is 3. The molecule has 21 heavy (non-hydrogen) atoms. The van der Waals surface area contributed by atoms with Gasteiger partial charge in [-0.2, -0.15) is 0 Å². The minimum absolute atomic E-state index is 0.000801. The molecule has 1 aliphatic rings. The lowest BCUT2D eigenvalue weighted by atomic mass is 10.2. The second-order valence-corrected chi connectivity index (χ2v) is 6.93. The van der Waals surface area contributed by atoms with E-state index in [1.807, 2.05) is 0 Å². The molecule has 0 radical (unpaired) electrons. The van der Waals surface area contributed by atoms with Gasteiger partial charge in [0.2, 0.25) is 0 Å². The van der Waals surface area contributed by atoms with Gasteiger partial charge in [0.25, 0.3) is 0 Å². The highest BCUT2D eigenvalue weighted by Gasteiger charge is 2.29. The Kier molecular flexibility index (Phi) is 4.12. The van der Waals surface area contributed by atoms with Crippen LogP contribution in [0.15, 0.2) is 18.2 Å². The number of carboxylic acid groups (broad SMARTS) is 1. The van der Waals surface area contributed by atoms with Crippen molar-refractivity contribution in [1.82, 2.24) is 5.32 Å². The minimum atomic E-state index is -3.13. The summed E-state index contributed by atoms with van der Waals surface area (Å²) in [6.07, 6.45) is 0.299. The van der Waals surface area contributed by atoms with Crippen LogP contribution in [0.4, 0.5) is 14.9 Å². The molecule has 2 amide bonds. The Bertz CT molecular complexity index is 689. The lowest BCUT2D eigenvalue weighted by molar-refractivity contribution is 0.0697. The quantitative estimate of drug-likeness (QED) is 0.764. The highest BCUT2D eigenvalue weighted by atomic mass is 32.2. The monoisotopic (exact) mass is 316 g/mol. The fraction of sp³-hybridized carbons (Fsp3) is 0.333. The molecule has 2 rings (SSSR count). The van der Waals surface area contributed by atoms with Gasteiger partial charge in [-0.05, 0) is 24.6 Å². The SMILES string of the molecule is O=C(Nc1cc(C(=O)O)ccc1F)NC1CCS(=O)(=O)C1. The molecular weight excluding hydrogens is 303 g/mol.